The predicted octanol–water partition coefficient (Wildman–Crippen LogP) is 0.862. The van der Waals surface area contributed by atoms with Crippen molar-refractivity contribution in [3.05, 3.63) is 11.9 Å². The lowest BCUT2D eigenvalue weighted by molar-refractivity contribution is 0.312. The van der Waals surface area contributed by atoms with E-state index in [9.17, 15) is 0 Å². The minimum Gasteiger partial charge on any atom is -0.369 e. The molecular formula is C13H20N6. The third-order valence-electron chi connectivity index (χ3n) is 3.19. The summed E-state index contributed by atoms with van der Waals surface area (Å²) in [6.45, 7) is 6.61. The minimum atomic E-state index is 0.479. The summed E-state index contributed by atoms with van der Waals surface area (Å²) in [7, 11) is 2.14. The number of nitrogens with zero attached hydrogens (tertiary/aromatic N) is 5. The fraction of sp³-hybridized carbons (Fsp3) is 0.615. The molecule has 0 unspecified atom stereocenters. The molecule has 1 aromatic rings. The summed E-state index contributed by atoms with van der Waals surface area (Å²) in [6, 6.07) is 4.08. The lowest BCUT2D eigenvalue weighted by Crippen LogP contribution is -2.44. The quantitative estimate of drug-likeness (QED) is 0.810. The Labute approximate surface area is 114 Å². The first-order valence-electron chi connectivity index (χ1n) is 6.59. The molecule has 0 spiro atoms. The van der Waals surface area contributed by atoms with Crippen LogP contribution in [-0.2, 0) is 0 Å². The Balaban J connectivity index is 2.06. The van der Waals surface area contributed by atoms with E-state index in [-0.39, 0.29) is 0 Å². The average Bonchev–Trinajstić information content (AvgIpc) is 2.39. The number of hydrogen-bond donors (Lipinski definition) is 1. The van der Waals surface area contributed by atoms with Gasteiger partial charge in [0.2, 0.25) is 0 Å². The fourth-order valence-corrected chi connectivity index (χ4v) is 2.09. The van der Waals surface area contributed by atoms with Crippen molar-refractivity contribution < 1.29 is 0 Å². The summed E-state index contributed by atoms with van der Waals surface area (Å²) >= 11 is 0. The molecule has 0 amide bonds. The summed E-state index contributed by atoms with van der Waals surface area (Å²) in [6.07, 6.45) is 0.479. The van der Waals surface area contributed by atoms with Crippen LogP contribution in [0.5, 0.6) is 0 Å². The number of likely N-dealkylation sites (N-methyl/N-ethyl adjacent to an activating group) is 1. The summed E-state index contributed by atoms with van der Waals surface area (Å²) in [5, 5.41) is 11.7. The molecule has 1 N–H and O–H groups in total. The zero-order valence-electron chi connectivity index (χ0n) is 11.6. The zero-order chi connectivity index (χ0) is 13.7. The maximum atomic E-state index is 8.55. The zero-order valence-corrected chi connectivity index (χ0v) is 11.6. The van der Waals surface area contributed by atoms with Gasteiger partial charge in [0.1, 0.15) is 17.5 Å². The number of hydrogen-bond acceptors (Lipinski definition) is 6. The van der Waals surface area contributed by atoms with Crippen molar-refractivity contribution >= 4 is 11.6 Å². The summed E-state index contributed by atoms with van der Waals surface area (Å²) in [5.41, 5.74) is 0. The van der Waals surface area contributed by atoms with E-state index in [1.54, 1.807) is 0 Å². The van der Waals surface area contributed by atoms with Crippen molar-refractivity contribution in [2.24, 2.45) is 0 Å². The molecule has 2 rings (SSSR count). The predicted molar refractivity (Wildman–Crippen MR) is 75.2 cm³/mol. The van der Waals surface area contributed by atoms with Crippen LogP contribution < -0.4 is 10.2 Å². The largest absolute Gasteiger partial charge is 0.369 e. The topological polar surface area (TPSA) is 68.1 Å². The van der Waals surface area contributed by atoms with Gasteiger partial charge in [0.05, 0.1) is 12.5 Å². The Morgan fingerprint density at radius 2 is 2.05 bits per heavy atom. The van der Waals surface area contributed by atoms with Gasteiger partial charge >= 0.3 is 0 Å². The lowest BCUT2D eigenvalue weighted by atomic mass is 10.3. The Bertz CT molecular complexity index is 459. The molecule has 0 aromatic carbocycles. The number of nitrogens with one attached hydrogen (secondary N) is 1. The molecule has 102 valence electrons. The molecule has 19 heavy (non-hydrogen) atoms. The molecule has 1 aliphatic heterocycles. The number of aromatic nitrogens is 2. The molecule has 1 aromatic heterocycles. The molecule has 0 aliphatic carbocycles. The Morgan fingerprint density at radius 3 is 2.74 bits per heavy atom. The van der Waals surface area contributed by atoms with Crippen LogP contribution >= 0.6 is 0 Å². The van der Waals surface area contributed by atoms with E-state index in [2.05, 4.69) is 38.2 Å². The van der Waals surface area contributed by atoms with Crippen LogP contribution in [0.3, 0.4) is 0 Å². The third kappa shape index (κ3) is 3.80. The van der Waals surface area contributed by atoms with Gasteiger partial charge in [-0.1, -0.05) is 0 Å². The van der Waals surface area contributed by atoms with Crippen molar-refractivity contribution in [1.82, 2.24) is 14.9 Å². The molecule has 6 heteroatoms. The Kier molecular flexibility index (Phi) is 4.53. The van der Waals surface area contributed by atoms with Gasteiger partial charge in [-0.3, -0.25) is 0 Å². The van der Waals surface area contributed by atoms with Gasteiger partial charge in [-0.15, -0.1) is 0 Å². The highest BCUT2D eigenvalue weighted by Gasteiger charge is 2.16. The van der Waals surface area contributed by atoms with Crippen LogP contribution in [0.2, 0.25) is 0 Å². The maximum Gasteiger partial charge on any atom is 0.134 e. The van der Waals surface area contributed by atoms with Crippen molar-refractivity contribution in [2.75, 3.05) is 50.0 Å². The minimum absolute atomic E-state index is 0.479. The maximum absolute atomic E-state index is 8.55. The SMILES string of the molecule is Cc1nc(NCCC#N)cc(N2CCN(C)CC2)n1. The number of nitriles is 1. The van der Waals surface area contributed by atoms with E-state index in [1.807, 2.05) is 13.0 Å². The normalized spacial score (nSPS) is 16.2. The molecule has 0 atom stereocenters. The Hall–Kier alpha value is -1.87. The average molecular weight is 260 g/mol. The number of rotatable bonds is 4. The number of aryl methyl sites for hydroxylation is 1. The van der Waals surface area contributed by atoms with Crippen molar-refractivity contribution in [3.63, 3.8) is 0 Å². The summed E-state index contributed by atoms with van der Waals surface area (Å²) in [5.74, 6) is 2.53. The van der Waals surface area contributed by atoms with Gasteiger partial charge in [-0.2, -0.15) is 5.26 Å². The smallest absolute Gasteiger partial charge is 0.134 e. The lowest BCUT2D eigenvalue weighted by Gasteiger charge is -2.33. The molecular weight excluding hydrogens is 240 g/mol. The van der Waals surface area contributed by atoms with E-state index in [0.717, 1.165) is 43.6 Å². The fourth-order valence-electron chi connectivity index (χ4n) is 2.09. The van der Waals surface area contributed by atoms with Crippen molar-refractivity contribution in [2.45, 2.75) is 13.3 Å². The van der Waals surface area contributed by atoms with Crippen LogP contribution in [0, 0.1) is 18.3 Å². The third-order valence-corrected chi connectivity index (χ3v) is 3.19. The van der Waals surface area contributed by atoms with Crippen LogP contribution in [0.15, 0.2) is 6.07 Å². The first kappa shape index (κ1) is 13.6. The van der Waals surface area contributed by atoms with Gasteiger partial charge in [0, 0.05) is 38.8 Å². The molecule has 0 radical (unpaired) electrons. The molecule has 2 heterocycles. The standard InChI is InChI=1S/C13H20N6/c1-11-16-12(15-5-3-4-14)10-13(17-11)19-8-6-18(2)7-9-19/h10H,3,5-9H2,1-2H3,(H,15,16,17). The van der Waals surface area contributed by atoms with E-state index >= 15 is 0 Å². The second-order valence-corrected chi connectivity index (χ2v) is 4.78. The van der Waals surface area contributed by atoms with Gasteiger partial charge in [0.25, 0.3) is 0 Å². The molecule has 1 aliphatic rings. The van der Waals surface area contributed by atoms with Crippen LogP contribution in [0.1, 0.15) is 12.2 Å². The summed E-state index contributed by atoms with van der Waals surface area (Å²) in [4.78, 5) is 13.4. The highest BCUT2D eigenvalue weighted by atomic mass is 15.3. The Morgan fingerprint density at radius 1 is 1.32 bits per heavy atom. The number of piperazine rings is 1. The second kappa shape index (κ2) is 6.34. The van der Waals surface area contributed by atoms with Crippen LogP contribution in [0.25, 0.3) is 0 Å². The first-order chi connectivity index (χ1) is 9.19. The monoisotopic (exact) mass is 260 g/mol. The van der Waals surface area contributed by atoms with Crippen LogP contribution in [-0.4, -0.2) is 54.6 Å². The van der Waals surface area contributed by atoms with E-state index in [0.29, 0.717) is 13.0 Å². The molecule has 1 fully saturated rings. The van der Waals surface area contributed by atoms with E-state index < -0.39 is 0 Å². The highest BCUT2D eigenvalue weighted by molar-refractivity contribution is 5.49. The second-order valence-electron chi connectivity index (χ2n) is 4.78. The first-order valence-corrected chi connectivity index (χ1v) is 6.59. The van der Waals surface area contributed by atoms with Crippen molar-refractivity contribution in [1.29, 1.82) is 5.26 Å². The van der Waals surface area contributed by atoms with Gasteiger partial charge in [0.15, 0.2) is 0 Å². The van der Waals surface area contributed by atoms with Crippen LogP contribution in [0.4, 0.5) is 11.6 Å². The van der Waals surface area contributed by atoms with Gasteiger partial charge in [-0.25, -0.2) is 9.97 Å². The van der Waals surface area contributed by atoms with Gasteiger partial charge < -0.3 is 15.1 Å². The van der Waals surface area contributed by atoms with E-state index in [1.165, 1.54) is 0 Å². The van der Waals surface area contributed by atoms with E-state index in [4.69, 9.17) is 5.26 Å². The molecule has 0 saturated carbocycles. The molecule has 6 nitrogen and oxygen atoms in total. The summed E-state index contributed by atoms with van der Waals surface area (Å²) < 4.78 is 0. The van der Waals surface area contributed by atoms with Gasteiger partial charge in [-0.05, 0) is 14.0 Å². The molecule has 1 saturated heterocycles. The highest BCUT2D eigenvalue weighted by Crippen LogP contribution is 2.17. The van der Waals surface area contributed by atoms with Crippen molar-refractivity contribution in [3.8, 4) is 6.07 Å². The molecule has 0 bridgehead atoms. The number of anilines is 2.